The Hall–Kier alpha value is -2.79. The van der Waals surface area contributed by atoms with Crippen LogP contribution in [0.15, 0.2) is 72.8 Å². The quantitative estimate of drug-likeness (QED) is 0.229. The summed E-state index contributed by atoms with van der Waals surface area (Å²) in [4.78, 5) is 61.9. The van der Waals surface area contributed by atoms with Gasteiger partial charge in [0.25, 0.3) is 0 Å². The molecule has 0 atom stereocenters. The number of carbonyl (C=O) groups is 6. The van der Waals surface area contributed by atoms with E-state index in [-0.39, 0.29) is 116 Å². The van der Waals surface area contributed by atoms with E-state index in [4.69, 9.17) is 0 Å². The van der Waals surface area contributed by atoms with Gasteiger partial charge in [0.2, 0.25) is 0 Å². The van der Waals surface area contributed by atoms with E-state index in [1.54, 1.807) is 0 Å². The first-order valence-corrected chi connectivity index (χ1v) is 9.43. The molecule has 0 saturated heterocycles. The van der Waals surface area contributed by atoms with Gasteiger partial charge in [-0.05, 0) is 0 Å². The molecule has 0 aliphatic rings. The third-order valence-corrected chi connectivity index (χ3v) is 4.10. The molecule has 0 aliphatic carbocycles. The van der Waals surface area contributed by atoms with E-state index in [0.717, 1.165) is 36.4 Å². The molecule has 0 unspecified atom stereocenters. The second-order valence-electron chi connectivity index (χ2n) is 6.36. The van der Waals surface area contributed by atoms with Crippen LogP contribution in [0.1, 0.15) is 62.1 Å². The van der Waals surface area contributed by atoms with Gasteiger partial charge in [-0.1, -0.05) is 72.8 Å². The maximum absolute atomic E-state index is 10.3. The molecule has 38 heavy (non-hydrogen) atoms. The number of carboxylic acids is 6. The van der Waals surface area contributed by atoms with E-state index in [2.05, 4.69) is 0 Å². The summed E-state index contributed by atoms with van der Waals surface area (Å²) in [6, 6.07) is 15.4. The Labute approximate surface area is 280 Å². The molecular formula is C24H12O12Pr2. The molecule has 0 radical (unpaired) electrons. The van der Waals surface area contributed by atoms with Crippen LogP contribution in [0.4, 0.5) is 0 Å². The van der Waals surface area contributed by atoms with Crippen molar-refractivity contribution in [3.8, 4) is 0 Å². The van der Waals surface area contributed by atoms with Crippen molar-refractivity contribution >= 4 is 35.8 Å². The summed E-state index contributed by atoms with van der Waals surface area (Å²) in [5.74, 6) is -9.11. The molecule has 12 nitrogen and oxygen atoms in total. The summed E-state index contributed by atoms with van der Waals surface area (Å²) in [5.41, 5.74) is -2.18. The first-order valence-electron chi connectivity index (χ1n) is 9.43. The Morgan fingerprint density at radius 2 is 0.421 bits per heavy atom. The van der Waals surface area contributed by atoms with Crippen LogP contribution in [-0.4, -0.2) is 35.8 Å². The third-order valence-electron chi connectivity index (χ3n) is 4.10. The molecule has 0 heterocycles. The maximum Gasteiger partial charge on any atom is 3.00 e. The van der Waals surface area contributed by atoms with Crippen molar-refractivity contribution in [1.82, 2.24) is 0 Å². The van der Waals surface area contributed by atoms with Crippen LogP contribution in [0.3, 0.4) is 0 Å². The number of rotatable bonds is 6. The first-order chi connectivity index (χ1) is 16.9. The first kappa shape index (κ1) is 37.4. The fraction of sp³-hybridized carbons (Fsp3) is 0. The Bertz CT molecular complexity index is 1060. The molecule has 0 saturated carbocycles. The standard InChI is InChI=1S/3C8H6O4.2Pr/c3*9-7(10)5-3-1-2-4-6(5)8(11)12;;/h3*1-4H,(H,9,10)(H,11,12);;/q;;;2*+3/p-6. The number of aromatic carboxylic acids is 6. The number of hydrogen-bond acceptors (Lipinski definition) is 12. The van der Waals surface area contributed by atoms with Gasteiger partial charge in [0, 0.05) is 33.4 Å². The van der Waals surface area contributed by atoms with E-state index in [1.807, 2.05) is 0 Å². The molecule has 0 N–H and O–H groups in total. The van der Waals surface area contributed by atoms with E-state index < -0.39 is 35.8 Å². The molecule has 0 amide bonds. The van der Waals surface area contributed by atoms with Crippen LogP contribution >= 0.6 is 0 Å². The Kier molecular flexibility index (Phi) is 18.1. The van der Waals surface area contributed by atoms with Crippen LogP contribution in [-0.2, 0) is 0 Å². The zero-order valence-electron chi connectivity index (χ0n) is 19.0. The molecule has 3 rings (SSSR count). The predicted molar refractivity (Wildman–Crippen MR) is 105 cm³/mol. The summed E-state index contributed by atoms with van der Waals surface area (Å²) in [6.45, 7) is 0. The predicted octanol–water partition coefficient (Wildman–Crippen LogP) is -4.76. The molecule has 0 spiro atoms. The van der Waals surface area contributed by atoms with E-state index >= 15 is 0 Å². The van der Waals surface area contributed by atoms with Crippen molar-refractivity contribution in [3.63, 3.8) is 0 Å². The van der Waals surface area contributed by atoms with Crippen LogP contribution in [0, 0.1) is 82.6 Å². The van der Waals surface area contributed by atoms with Crippen molar-refractivity contribution in [2.24, 2.45) is 0 Å². The molecule has 0 aromatic heterocycles. The van der Waals surface area contributed by atoms with Gasteiger partial charge in [0.15, 0.2) is 0 Å². The second kappa shape index (κ2) is 18.5. The van der Waals surface area contributed by atoms with E-state index in [0.29, 0.717) is 0 Å². The summed E-state index contributed by atoms with van der Waals surface area (Å²) >= 11 is 0. The molecule has 0 aliphatic heterocycles. The fourth-order valence-electron chi connectivity index (χ4n) is 2.52. The molecule has 3 aromatic rings. The second-order valence-corrected chi connectivity index (χ2v) is 6.36. The Balaban J connectivity index is 0. The van der Waals surface area contributed by atoms with Crippen LogP contribution in [0.2, 0.25) is 0 Å². The van der Waals surface area contributed by atoms with Crippen molar-refractivity contribution in [1.29, 1.82) is 0 Å². The van der Waals surface area contributed by atoms with Crippen LogP contribution < -0.4 is 30.6 Å². The Morgan fingerprint density at radius 3 is 0.500 bits per heavy atom. The molecule has 14 heteroatoms. The molecule has 0 fully saturated rings. The normalized spacial score (nSPS) is 8.84. The molecule has 0 bridgehead atoms. The fourth-order valence-corrected chi connectivity index (χ4v) is 2.52. The molecule has 186 valence electrons. The minimum Gasteiger partial charge on any atom is -0.545 e. The van der Waals surface area contributed by atoms with Gasteiger partial charge in [0.05, 0.1) is 35.8 Å². The average molecular weight is 774 g/mol. The van der Waals surface area contributed by atoms with Crippen molar-refractivity contribution < 1.29 is 142 Å². The topological polar surface area (TPSA) is 241 Å². The van der Waals surface area contributed by atoms with Gasteiger partial charge in [-0.25, -0.2) is 0 Å². The number of carbonyl (C=O) groups excluding carboxylic acids is 6. The minimum absolute atomic E-state index is 0. The smallest absolute Gasteiger partial charge is 0.545 e. The largest absolute Gasteiger partial charge is 3.00 e. The van der Waals surface area contributed by atoms with E-state index in [9.17, 15) is 59.4 Å². The van der Waals surface area contributed by atoms with Gasteiger partial charge in [-0.3, -0.25) is 0 Å². The monoisotopic (exact) mass is 774 g/mol. The summed E-state index contributed by atoms with van der Waals surface area (Å²) in [7, 11) is 0. The number of carboxylic acid groups (broad SMARTS) is 6. The van der Waals surface area contributed by atoms with Gasteiger partial charge in [0.1, 0.15) is 0 Å². The van der Waals surface area contributed by atoms with Crippen molar-refractivity contribution in [2.45, 2.75) is 0 Å². The van der Waals surface area contributed by atoms with Gasteiger partial charge >= 0.3 is 82.6 Å². The van der Waals surface area contributed by atoms with Crippen molar-refractivity contribution in [3.05, 3.63) is 106 Å². The maximum atomic E-state index is 10.3. The van der Waals surface area contributed by atoms with Gasteiger partial charge in [-0.2, -0.15) is 0 Å². The summed E-state index contributed by atoms with van der Waals surface area (Å²) < 4.78 is 0. The van der Waals surface area contributed by atoms with Crippen LogP contribution in [0.25, 0.3) is 0 Å². The Morgan fingerprint density at radius 1 is 0.316 bits per heavy atom. The van der Waals surface area contributed by atoms with Gasteiger partial charge in [-0.15, -0.1) is 0 Å². The zero-order chi connectivity index (χ0) is 27.4. The van der Waals surface area contributed by atoms with Gasteiger partial charge < -0.3 is 59.4 Å². The number of hydrogen-bond donors (Lipinski definition) is 0. The summed E-state index contributed by atoms with van der Waals surface area (Å²) in [6.07, 6.45) is 0. The minimum atomic E-state index is -1.52. The third kappa shape index (κ3) is 11.7. The summed E-state index contributed by atoms with van der Waals surface area (Å²) in [5, 5.41) is 61.9. The zero-order valence-corrected chi connectivity index (χ0v) is 26.4. The molecular weight excluding hydrogens is 762 g/mol. The van der Waals surface area contributed by atoms with Crippen molar-refractivity contribution in [2.75, 3.05) is 0 Å². The SMILES string of the molecule is O=C([O-])c1ccccc1C(=O)[O-].O=C([O-])c1ccccc1C(=O)[O-].O=C([O-])c1ccccc1C(=O)[O-].[Pr+3].[Pr+3]. The molecule has 3 aromatic carbocycles. The van der Waals surface area contributed by atoms with Crippen LogP contribution in [0.5, 0.6) is 0 Å². The average Bonchev–Trinajstić information content (AvgIpc) is 2.84. The number of benzene rings is 3. The van der Waals surface area contributed by atoms with E-state index in [1.165, 1.54) is 36.4 Å².